The third-order valence-electron chi connectivity index (χ3n) is 1.90. The van der Waals surface area contributed by atoms with Crippen LogP contribution in [-0.2, 0) is 6.54 Å². The van der Waals surface area contributed by atoms with Gasteiger partial charge in [0.05, 0.1) is 5.56 Å². The van der Waals surface area contributed by atoms with Crippen molar-refractivity contribution in [3.63, 3.8) is 0 Å². The zero-order chi connectivity index (χ0) is 10.0. The highest BCUT2D eigenvalue weighted by Crippen LogP contribution is 2.00. The number of aromatic nitrogens is 1. The Kier molecular flexibility index (Phi) is 2.51. The summed E-state index contributed by atoms with van der Waals surface area (Å²) in [5.41, 5.74) is 0.458. The van der Waals surface area contributed by atoms with E-state index in [2.05, 4.69) is 0 Å². The molecule has 1 N–H and O–H groups in total. The maximum atomic E-state index is 11.3. The number of carboxylic acids is 1. The Balaban J connectivity index is 3.37. The molecule has 1 heterocycles. The van der Waals surface area contributed by atoms with Gasteiger partial charge in [0.1, 0.15) is 0 Å². The van der Waals surface area contributed by atoms with Crippen molar-refractivity contribution in [3.05, 3.63) is 33.7 Å². The summed E-state index contributed by atoms with van der Waals surface area (Å²) in [6.07, 6.45) is 0. The van der Waals surface area contributed by atoms with Crippen LogP contribution in [0.3, 0.4) is 0 Å². The van der Waals surface area contributed by atoms with Crippen LogP contribution in [0.1, 0.15) is 23.0 Å². The van der Waals surface area contributed by atoms with Crippen LogP contribution in [0.15, 0.2) is 16.9 Å². The van der Waals surface area contributed by atoms with Gasteiger partial charge in [-0.15, -0.1) is 0 Å². The molecule has 0 aliphatic rings. The molecule has 0 radical (unpaired) electrons. The maximum absolute atomic E-state index is 11.3. The van der Waals surface area contributed by atoms with Gasteiger partial charge in [-0.25, -0.2) is 4.79 Å². The third kappa shape index (κ3) is 1.77. The molecule has 0 aliphatic heterocycles. The lowest BCUT2D eigenvalue weighted by atomic mass is 10.2. The molecule has 70 valence electrons. The number of hydrogen-bond acceptors (Lipinski definition) is 2. The maximum Gasteiger partial charge on any atom is 0.335 e. The molecule has 0 unspecified atom stereocenters. The zero-order valence-corrected chi connectivity index (χ0v) is 7.57. The van der Waals surface area contributed by atoms with Crippen molar-refractivity contribution in [2.75, 3.05) is 0 Å². The molecule has 0 bridgehead atoms. The number of rotatable bonds is 2. The first-order valence-corrected chi connectivity index (χ1v) is 4.01. The molecule has 0 aromatic carbocycles. The Morgan fingerprint density at radius 3 is 2.54 bits per heavy atom. The molecular formula is C9H11NO3. The lowest BCUT2D eigenvalue weighted by Gasteiger charge is -2.06. The van der Waals surface area contributed by atoms with Crippen LogP contribution in [-0.4, -0.2) is 15.6 Å². The molecule has 0 saturated heterocycles. The van der Waals surface area contributed by atoms with E-state index in [1.165, 1.54) is 10.6 Å². The highest BCUT2D eigenvalue weighted by Gasteiger charge is 2.06. The SMILES string of the molecule is CCn1c(C)cc(C(=O)O)cc1=O. The summed E-state index contributed by atoms with van der Waals surface area (Å²) in [7, 11) is 0. The Bertz CT molecular complexity index is 392. The number of aryl methyl sites for hydroxylation is 1. The van der Waals surface area contributed by atoms with Crippen LogP contribution in [0.4, 0.5) is 0 Å². The molecule has 0 atom stereocenters. The predicted molar refractivity (Wildman–Crippen MR) is 48.1 cm³/mol. The number of carbonyl (C=O) groups is 1. The minimum atomic E-state index is -1.07. The summed E-state index contributed by atoms with van der Waals surface area (Å²) in [6.45, 7) is 4.12. The normalized spacial score (nSPS) is 10.0. The van der Waals surface area contributed by atoms with Crippen LogP contribution in [0.5, 0.6) is 0 Å². The second-order valence-corrected chi connectivity index (χ2v) is 2.77. The van der Waals surface area contributed by atoms with E-state index in [1.807, 2.05) is 6.92 Å². The zero-order valence-electron chi connectivity index (χ0n) is 7.57. The van der Waals surface area contributed by atoms with E-state index in [-0.39, 0.29) is 11.1 Å². The van der Waals surface area contributed by atoms with Crippen molar-refractivity contribution in [2.45, 2.75) is 20.4 Å². The van der Waals surface area contributed by atoms with Gasteiger partial charge < -0.3 is 9.67 Å². The molecule has 0 spiro atoms. The molecular weight excluding hydrogens is 170 g/mol. The minimum Gasteiger partial charge on any atom is -0.478 e. The lowest BCUT2D eigenvalue weighted by Crippen LogP contribution is -2.22. The molecule has 1 aromatic rings. The molecule has 0 saturated carbocycles. The Hall–Kier alpha value is -1.58. The molecule has 1 aromatic heterocycles. The monoisotopic (exact) mass is 181 g/mol. The standard InChI is InChI=1S/C9H11NO3/c1-3-10-6(2)4-7(9(12)13)5-8(10)11/h4-5H,3H2,1-2H3,(H,12,13). The summed E-state index contributed by atoms with van der Waals surface area (Å²) in [4.78, 5) is 21.9. The van der Waals surface area contributed by atoms with Crippen LogP contribution in [0.2, 0.25) is 0 Å². The van der Waals surface area contributed by atoms with Gasteiger partial charge in [-0.1, -0.05) is 0 Å². The summed E-state index contributed by atoms with van der Waals surface area (Å²) >= 11 is 0. The van der Waals surface area contributed by atoms with Crippen LogP contribution >= 0.6 is 0 Å². The molecule has 1 rings (SSSR count). The third-order valence-corrected chi connectivity index (χ3v) is 1.90. The van der Waals surface area contributed by atoms with Gasteiger partial charge >= 0.3 is 5.97 Å². The Morgan fingerprint density at radius 1 is 1.54 bits per heavy atom. The van der Waals surface area contributed by atoms with Gasteiger partial charge in [-0.3, -0.25) is 4.79 Å². The first-order valence-electron chi connectivity index (χ1n) is 4.01. The van der Waals surface area contributed by atoms with Crippen LogP contribution < -0.4 is 5.56 Å². The molecule has 4 nitrogen and oxygen atoms in total. The van der Waals surface area contributed by atoms with E-state index < -0.39 is 5.97 Å². The van der Waals surface area contributed by atoms with E-state index in [0.717, 1.165) is 6.07 Å². The van der Waals surface area contributed by atoms with Gasteiger partial charge in [-0.05, 0) is 19.9 Å². The summed E-state index contributed by atoms with van der Waals surface area (Å²) in [5.74, 6) is -1.07. The Morgan fingerprint density at radius 2 is 2.15 bits per heavy atom. The second-order valence-electron chi connectivity index (χ2n) is 2.77. The number of carboxylic acid groups (broad SMARTS) is 1. The molecule has 0 amide bonds. The fraction of sp³-hybridized carbons (Fsp3) is 0.333. The van der Waals surface area contributed by atoms with E-state index in [0.29, 0.717) is 12.2 Å². The largest absolute Gasteiger partial charge is 0.478 e. The predicted octanol–water partition coefficient (Wildman–Crippen LogP) is 0.875. The highest BCUT2D eigenvalue weighted by atomic mass is 16.4. The van der Waals surface area contributed by atoms with E-state index in [9.17, 15) is 9.59 Å². The van der Waals surface area contributed by atoms with Gasteiger partial charge in [0, 0.05) is 18.3 Å². The number of hydrogen-bond donors (Lipinski definition) is 1. The van der Waals surface area contributed by atoms with Crippen molar-refractivity contribution in [2.24, 2.45) is 0 Å². The van der Waals surface area contributed by atoms with Gasteiger partial charge in [0.25, 0.3) is 5.56 Å². The van der Waals surface area contributed by atoms with E-state index in [4.69, 9.17) is 5.11 Å². The quantitative estimate of drug-likeness (QED) is 0.736. The lowest BCUT2D eigenvalue weighted by molar-refractivity contribution is 0.0696. The van der Waals surface area contributed by atoms with E-state index >= 15 is 0 Å². The molecule has 4 heteroatoms. The average Bonchev–Trinajstić information content (AvgIpc) is 2.03. The second kappa shape index (κ2) is 3.43. The van der Waals surface area contributed by atoms with Crippen LogP contribution in [0.25, 0.3) is 0 Å². The summed E-state index contributed by atoms with van der Waals surface area (Å²) in [5, 5.41) is 8.65. The fourth-order valence-electron chi connectivity index (χ4n) is 1.26. The minimum absolute atomic E-state index is 0.0483. The van der Waals surface area contributed by atoms with Gasteiger partial charge in [-0.2, -0.15) is 0 Å². The molecule has 13 heavy (non-hydrogen) atoms. The number of nitrogens with zero attached hydrogens (tertiary/aromatic N) is 1. The first-order chi connectivity index (χ1) is 6.06. The highest BCUT2D eigenvalue weighted by molar-refractivity contribution is 5.87. The van der Waals surface area contributed by atoms with Crippen molar-refractivity contribution >= 4 is 5.97 Å². The topological polar surface area (TPSA) is 59.3 Å². The summed E-state index contributed by atoms with van der Waals surface area (Å²) in [6, 6.07) is 2.63. The van der Waals surface area contributed by atoms with Gasteiger partial charge in [0.2, 0.25) is 0 Å². The van der Waals surface area contributed by atoms with E-state index in [1.54, 1.807) is 6.92 Å². The van der Waals surface area contributed by atoms with Crippen LogP contribution in [0, 0.1) is 6.92 Å². The fourth-order valence-corrected chi connectivity index (χ4v) is 1.26. The first kappa shape index (κ1) is 9.51. The average molecular weight is 181 g/mol. The van der Waals surface area contributed by atoms with Crippen molar-refractivity contribution < 1.29 is 9.90 Å². The molecule has 0 aliphatic carbocycles. The van der Waals surface area contributed by atoms with Gasteiger partial charge in [0.15, 0.2) is 0 Å². The molecule has 0 fully saturated rings. The van der Waals surface area contributed by atoms with Crippen molar-refractivity contribution in [1.82, 2.24) is 4.57 Å². The number of pyridine rings is 1. The van der Waals surface area contributed by atoms with Crippen molar-refractivity contribution in [1.29, 1.82) is 0 Å². The number of aromatic carboxylic acids is 1. The van der Waals surface area contributed by atoms with Crippen molar-refractivity contribution in [3.8, 4) is 0 Å². The smallest absolute Gasteiger partial charge is 0.335 e. The Labute approximate surface area is 75.4 Å². The summed E-state index contributed by atoms with van der Waals surface area (Å²) < 4.78 is 1.52.